The third kappa shape index (κ3) is 3.29. The molecule has 1 aliphatic heterocycles. The molecule has 5 rings (SSSR count). The minimum atomic E-state index is 0.504. The van der Waals surface area contributed by atoms with Gasteiger partial charge in [-0.05, 0) is 61.4 Å². The monoisotopic (exact) mass is 371 g/mol. The van der Waals surface area contributed by atoms with Gasteiger partial charge in [0, 0.05) is 43.4 Å². The molecule has 5 nitrogen and oxygen atoms in total. The highest BCUT2D eigenvalue weighted by Crippen LogP contribution is 2.45. The van der Waals surface area contributed by atoms with E-state index in [1.807, 2.05) is 18.2 Å². The van der Waals surface area contributed by atoms with Crippen molar-refractivity contribution < 1.29 is 0 Å². The lowest BCUT2D eigenvalue weighted by Crippen LogP contribution is -2.52. The maximum Gasteiger partial charge on any atom is 0.146 e. The maximum absolute atomic E-state index is 9.89. The highest BCUT2D eigenvalue weighted by Gasteiger charge is 2.36. The summed E-state index contributed by atoms with van der Waals surface area (Å²) in [6, 6.07) is 9.03. The predicted octanol–water partition coefficient (Wildman–Crippen LogP) is 3.72. The summed E-state index contributed by atoms with van der Waals surface area (Å²) in [6.45, 7) is 6.64. The lowest BCUT2D eigenvalue weighted by Gasteiger charge is -2.35. The van der Waals surface area contributed by atoms with Crippen molar-refractivity contribution in [1.29, 1.82) is 5.26 Å². The number of piperazine rings is 1. The second kappa shape index (κ2) is 7.03. The van der Waals surface area contributed by atoms with Crippen LogP contribution in [0.15, 0.2) is 31.0 Å². The molecule has 142 valence electrons. The first-order valence-corrected chi connectivity index (χ1v) is 10.3. The van der Waals surface area contributed by atoms with Crippen LogP contribution in [0.25, 0.3) is 17.2 Å². The molecule has 1 atom stereocenters. The number of rotatable bonds is 5. The minimum Gasteiger partial charge on any atom is -0.353 e. The number of hydrogen-bond donors (Lipinski definition) is 1. The first-order chi connectivity index (χ1) is 13.8. The number of nitriles is 1. The number of nitrogens with one attached hydrogen (secondary N) is 1. The van der Waals surface area contributed by atoms with Gasteiger partial charge in [-0.3, -0.25) is 4.98 Å². The second-order valence-electron chi connectivity index (χ2n) is 8.20. The first-order valence-electron chi connectivity index (χ1n) is 10.3. The van der Waals surface area contributed by atoms with Crippen LogP contribution in [0.1, 0.15) is 48.6 Å². The summed E-state index contributed by atoms with van der Waals surface area (Å²) < 4.78 is 0. The van der Waals surface area contributed by atoms with Crippen LogP contribution in [0.2, 0.25) is 0 Å². The highest BCUT2D eigenvalue weighted by molar-refractivity contribution is 5.73. The van der Waals surface area contributed by atoms with Gasteiger partial charge in [-0.2, -0.15) is 5.26 Å². The molecular weight excluding hydrogens is 346 g/mol. The predicted molar refractivity (Wildman–Crippen MR) is 111 cm³/mol. The Morgan fingerprint density at radius 1 is 1.25 bits per heavy atom. The number of aromatic nitrogens is 2. The van der Waals surface area contributed by atoms with Crippen LogP contribution in [0.4, 0.5) is 5.82 Å². The molecule has 2 aromatic heterocycles. The zero-order valence-electron chi connectivity index (χ0n) is 16.1. The molecule has 0 amide bonds. The van der Waals surface area contributed by atoms with Crippen LogP contribution in [0, 0.1) is 17.2 Å². The molecule has 2 saturated carbocycles. The molecule has 3 fully saturated rings. The Kier molecular flexibility index (Phi) is 4.37. The van der Waals surface area contributed by atoms with Crippen molar-refractivity contribution in [2.45, 2.75) is 37.6 Å². The zero-order chi connectivity index (χ0) is 19.1. The number of anilines is 1. The van der Waals surface area contributed by atoms with Gasteiger partial charge >= 0.3 is 0 Å². The zero-order valence-corrected chi connectivity index (χ0v) is 16.1. The van der Waals surface area contributed by atoms with Crippen molar-refractivity contribution in [3.05, 3.63) is 47.9 Å². The number of nitrogens with zero attached hydrogens (tertiary/aromatic N) is 4. The largest absolute Gasteiger partial charge is 0.353 e. The Balaban J connectivity index is 1.56. The molecular formula is C23H25N5. The number of hydrogen-bond acceptors (Lipinski definition) is 5. The molecule has 0 bridgehead atoms. The van der Waals surface area contributed by atoms with E-state index < -0.39 is 0 Å². The van der Waals surface area contributed by atoms with E-state index in [0.717, 1.165) is 53.9 Å². The summed E-state index contributed by atoms with van der Waals surface area (Å²) in [5, 5.41) is 13.5. The van der Waals surface area contributed by atoms with Crippen LogP contribution >= 0.6 is 0 Å². The Labute approximate surface area is 166 Å². The Morgan fingerprint density at radius 3 is 2.82 bits per heavy atom. The minimum absolute atomic E-state index is 0.504. The Morgan fingerprint density at radius 2 is 2.11 bits per heavy atom. The summed E-state index contributed by atoms with van der Waals surface area (Å²) in [4.78, 5) is 11.8. The molecule has 0 unspecified atom stereocenters. The van der Waals surface area contributed by atoms with Gasteiger partial charge in [0.05, 0.1) is 17.0 Å². The third-order valence-corrected chi connectivity index (χ3v) is 6.11. The maximum atomic E-state index is 9.89. The van der Waals surface area contributed by atoms with Crippen LogP contribution in [-0.2, 0) is 0 Å². The first kappa shape index (κ1) is 17.4. The smallest absolute Gasteiger partial charge is 0.146 e. The average Bonchev–Trinajstić information content (AvgIpc) is 3.66. The molecule has 28 heavy (non-hydrogen) atoms. The summed E-state index contributed by atoms with van der Waals surface area (Å²) in [7, 11) is 0. The highest BCUT2D eigenvalue weighted by atomic mass is 15.2. The Bertz CT molecular complexity index is 952. The van der Waals surface area contributed by atoms with Gasteiger partial charge in [0.15, 0.2) is 0 Å². The van der Waals surface area contributed by atoms with Crippen LogP contribution < -0.4 is 10.2 Å². The van der Waals surface area contributed by atoms with Gasteiger partial charge in [0.1, 0.15) is 11.9 Å². The summed E-state index contributed by atoms with van der Waals surface area (Å²) in [5.41, 5.74) is 4.79. The van der Waals surface area contributed by atoms with Gasteiger partial charge in [-0.1, -0.05) is 6.58 Å². The van der Waals surface area contributed by atoms with Crippen molar-refractivity contribution in [2.24, 2.45) is 5.92 Å². The van der Waals surface area contributed by atoms with Crippen LogP contribution in [0.5, 0.6) is 0 Å². The molecule has 1 saturated heterocycles. The van der Waals surface area contributed by atoms with Crippen LogP contribution in [0.3, 0.4) is 0 Å². The molecule has 0 radical (unpaired) electrons. The lowest BCUT2D eigenvalue weighted by molar-refractivity contribution is 0.417. The van der Waals surface area contributed by atoms with Crippen molar-refractivity contribution >= 4 is 11.9 Å². The standard InChI is InChI=1S/C23H25N5/c1-2-19-11-17(7-8-25-19)20-12-18(13-24)23(27-22(20)16-5-6-16)28-10-9-26-21(14-28)15-3-4-15/h2,7-8,11-12,15-16,21,26H,1,3-6,9-10,14H2/t21-/m0/s1. The van der Waals surface area contributed by atoms with E-state index >= 15 is 0 Å². The van der Waals surface area contributed by atoms with E-state index in [-0.39, 0.29) is 0 Å². The fourth-order valence-electron chi connectivity index (χ4n) is 4.25. The third-order valence-electron chi connectivity index (χ3n) is 6.11. The molecule has 0 aromatic carbocycles. The normalized spacial score (nSPS) is 22.0. The summed E-state index contributed by atoms with van der Waals surface area (Å²) >= 11 is 0. The van der Waals surface area contributed by atoms with E-state index in [9.17, 15) is 5.26 Å². The van der Waals surface area contributed by atoms with Crippen molar-refractivity contribution in [3.63, 3.8) is 0 Å². The van der Waals surface area contributed by atoms with Gasteiger partial charge in [0.25, 0.3) is 0 Å². The molecule has 5 heteroatoms. The SMILES string of the molecule is C=Cc1cc(-c2cc(C#N)c(N3CCN[C@H](C4CC4)C3)nc2C2CC2)ccn1. The molecule has 2 aliphatic carbocycles. The average molecular weight is 371 g/mol. The van der Waals surface area contributed by atoms with Gasteiger partial charge in [-0.15, -0.1) is 0 Å². The second-order valence-corrected chi connectivity index (χ2v) is 8.20. The molecule has 2 aromatic rings. The lowest BCUT2D eigenvalue weighted by atomic mass is 9.99. The van der Waals surface area contributed by atoms with Gasteiger partial charge in [0.2, 0.25) is 0 Å². The molecule has 3 aliphatic rings. The summed E-state index contributed by atoms with van der Waals surface area (Å²) in [5.74, 6) is 2.17. The molecule has 1 N–H and O–H groups in total. The summed E-state index contributed by atoms with van der Waals surface area (Å²) in [6.07, 6.45) is 8.56. The molecule has 3 heterocycles. The van der Waals surface area contributed by atoms with Crippen molar-refractivity contribution in [2.75, 3.05) is 24.5 Å². The van der Waals surface area contributed by atoms with Crippen LogP contribution in [-0.4, -0.2) is 35.6 Å². The quantitative estimate of drug-likeness (QED) is 0.868. The van der Waals surface area contributed by atoms with E-state index in [1.165, 1.54) is 25.7 Å². The molecule has 0 spiro atoms. The van der Waals surface area contributed by atoms with E-state index in [2.05, 4.69) is 27.8 Å². The van der Waals surface area contributed by atoms with Crippen molar-refractivity contribution in [3.8, 4) is 17.2 Å². The van der Waals surface area contributed by atoms with E-state index in [4.69, 9.17) is 4.98 Å². The van der Waals surface area contributed by atoms with Gasteiger partial charge in [-0.25, -0.2) is 4.98 Å². The Hall–Kier alpha value is -2.71. The number of pyridine rings is 2. The van der Waals surface area contributed by atoms with E-state index in [0.29, 0.717) is 17.5 Å². The fraction of sp³-hybridized carbons (Fsp3) is 0.435. The van der Waals surface area contributed by atoms with Crippen molar-refractivity contribution in [1.82, 2.24) is 15.3 Å². The fourth-order valence-corrected chi connectivity index (χ4v) is 4.25. The van der Waals surface area contributed by atoms with E-state index in [1.54, 1.807) is 12.3 Å². The topological polar surface area (TPSA) is 64.8 Å². The van der Waals surface area contributed by atoms with Gasteiger partial charge < -0.3 is 10.2 Å².